The molecule has 0 saturated carbocycles. The monoisotopic (exact) mass is 302 g/mol. The highest BCUT2D eigenvalue weighted by molar-refractivity contribution is 5.36. The molecule has 2 aromatic rings. The number of morpholine rings is 1. The van der Waals surface area contributed by atoms with Crippen LogP contribution in [-0.2, 0) is 11.3 Å². The van der Waals surface area contributed by atoms with Crippen LogP contribution in [0.4, 0.5) is 5.82 Å². The Kier molecular flexibility index (Phi) is 4.97. The van der Waals surface area contributed by atoms with Crippen LogP contribution in [0.3, 0.4) is 0 Å². The summed E-state index contributed by atoms with van der Waals surface area (Å²) in [4.78, 5) is 12.0. The number of rotatable bonds is 6. The lowest BCUT2D eigenvalue weighted by Crippen LogP contribution is -2.47. The Balaban J connectivity index is 1.57. The van der Waals surface area contributed by atoms with E-state index >= 15 is 0 Å². The fraction of sp³-hybridized carbons (Fsp3) is 0.533. The summed E-state index contributed by atoms with van der Waals surface area (Å²) >= 11 is 0. The van der Waals surface area contributed by atoms with Crippen molar-refractivity contribution in [3.8, 4) is 0 Å². The summed E-state index contributed by atoms with van der Waals surface area (Å²) in [6, 6.07) is 3.90. The first-order chi connectivity index (χ1) is 10.8. The molecule has 22 heavy (non-hydrogen) atoms. The van der Waals surface area contributed by atoms with Gasteiger partial charge in [-0.1, -0.05) is 0 Å². The van der Waals surface area contributed by atoms with Gasteiger partial charge < -0.3 is 14.6 Å². The predicted octanol–water partition coefficient (Wildman–Crippen LogP) is 0.927. The number of anilines is 1. The van der Waals surface area contributed by atoms with Crippen molar-refractivity contribution in [1.29, 1.82) is 0 Å². The van der Waals surface area contributed by atoms with Gasteiger partial charge in [-0.2, -0.15) is 5.10 Å². The first-order valence-electron chi connectivity index (χ1n) is 7.70. The van der Waals surface area contributed by atoms with Gasteiger partial charge in [0.05, 0.1) is 19.3 Å². The summed E-state index contributed by atoms with van der Waals surface area (Å²) in [6.07, 6.45) is 5.52. The molecule has 1 saturated heterocycles. The van der Waals surface area contributed by atoms with Gasteiger partial charge in [0.1, 0.15) is 5.82 Å². The van der Waals surface area contributed by atoms with Crippen molar-refractivity contribution in [2.45, 2.75) is 19.6 Å². The Labute approximate surface area is 130 Å². The molecule has 3 heterocycles. The normalized spacial score (nSPS) is 19.2. The fourth-order valence-electron chi connectivity index (χ4n) is 2.72. The summed E-state index contributed by atoms with van der Waals surface area (Å²) in [6.45, 7) is 7.26. The summed E-state index contributed by atoms with van der Waals surface area (Å²) in [5.74, 6) is 1.90. The van der Waals surface area contributed by atoms with Gasteiger partial charge in [0.25, 0.3) is 0 Å². The molecule has 1 aliphatic rings. The smallest absolute Gasteiger partial charge is 0.151 e. The van der Waals surface area contributed by atoms with Gasteiger partial charge in [-0.25, -0.2) is 4.98 Å². The van der Waals surface area contributed by atoms with Crippen LogP contribution in [0.1, 0.15) is 12.7 Å². The SMILES string of the molecule is CCN(C[C@H]1CN(Cc2ncc[nH]2)CCO1)c1cccnn1. The van der Waals surface area contributed by atoms with Crippen molar-refractivity contribution < 1.29 is 4.74 Å². The third-order valence-electron chi connectivity index (χ3n) is 3.84. The quantitative estimate of drug-likeness (QED) is 0.856. The third-order valence-corrected chi connectivity index (χ3v) is 3.84. The molecule has 3 rings (SSSR count). The highest BCUT2D eigenvalue weighted by atomic mass is 16.5. The van der Waals surface area contributed by atoms with E-state index in [9.17, 15) is 0 Å². The van der Waals surface area contributed by atoms with Crippen LogP contribution in [0.15, 0.2) is 30.7 Å². The molecule has 7 heteroatoms. The Bertz CT molecular complexity index is 546. The molecule has 0 unspecified atom stereocenters. The Morgan fingerprint density at radius 2 is 2.41 bits per heavy atom. The number of nitrogens with one attached hydrogen (secondary N) is 1. The molecular formula is C15H22N6O. The molecule has 0 radical (unpaired) electrons. The van der Waals surface area contributed by atoms with E-state index in [1.54, 1.807) is 12.4 Å². The maximum atomic E-state index is 5.92. The second-order valence-electron chi connectivity index (χ2n) is 5.38. The van der Waals surface area contributed by atoms with Crippen LogP contribution in [0.25, 0.3) is 0 Å². The predicted molar refractivity (Wildman–Crippen MR) is 83.5 cm³/mol. The van der Waals surface area contributed by atoms with Crippen molar-refractivity contribution in [2.24, 2.45) is 0 Å². The largest absolute Gasteiger partial charge is 0.374 e. The highest BCUT2D eigenvalue weighted by Gasteiger charge is 2.23. The number of likely N-dealkylation sites (N-methyl/N-ethyl adjacent to an activating group) is 1. The van der Waals surface area contributed by atoms with Crippen LogP contribution in [0, 0.1) is 0 Å². The second-order valence-corrected chi connectivity index (χ2v) is 5.38. The zero-order valence-corrected chi connectivity index (χ0v) is 12.9. The Hall–Kier alpha value is -1.99. The number of aromatic amines is 1. The van der Waals surface area contributed by atoms with E-state index in [0.717, 1.165) is 51.0 Å². The van der Waals surface area contributed by atoms with E-state index in [1.165, 1.54) is 0 Å². The molecule has 7 nitrogen and oxygen atoms in total. The van der Waals surface area contributed by atoms with Crippen LogP contribution >= 0.6 is 0 Å². The molecule has 0 amide bonds. The summed E-state index contributed by atoms with van der Waals surface area (Å²) in [7, 11) is 0. The van der Waals surface area contributed by atoms with Crippen LogP contribution < -0.4 is 4.90 Å². The summed E-state index contributed by atoms with van der Waals surface area (Å²) in [5.41, 5.74) is 0. The minimum atomic E-state index is 0.172. The zero-order valence-electron chi connectivity index (χ0n) is 12.9. The average Bonchev–Trinajstić information content (AvgIpc) is 3.07. The molecule has 2 aromatic heterocycles. The van der Waals surface area contributed by atoms with Gasteiger partial charge in [-0.3, -0.25) is 4.90 Å². The van der Waals surface area contributed by atoms with E-state index in [0.29, 0.717) is 0 Å². The van der Waals surface area contributed by atoms with E-state index in [4.69, 9.17) is 4.74 Å². The summed E-state index contributed by atoms with van der Waals surface area (Å²) in [5, 5.41) is 8.14. The fourth-order valence-corrected chi connectivity index (χ4v) is 2.72. The molecule has 118 valence electrons. The van der Waals surface area contributed by atoms with Crippen molar-refractivity contribution in [1.82, 2.24) is 25.1 Å². The molecule has 0 bridgehead atoms. The zero-order chi connectivity index (χ0) is 15.2. The second kappa shape index (κ2) is 7.33. The topological polar surface area (TPSA) is 70.2 Å². The van der Waals surface area contributed by atoms with Crippen LogP contribution in [0.5, 0.6) is 0 Å². The molecule has 0 aromatic carbocycles. The van der Waals surface area contributed by atoms with E-state index in [-0.39, 0.29) is 6.10 Å². The highest BCUT2D eigenvalue weighted by Crippen LogP contribution is 2.13. The standard InChI is InChI=1S/C15H22N6O/c1-2-21(15-4-3-5-18-19-15)11-13-10-20(8-9-22-13)12-14-16-6-7-17-14/h3-7,13H,2,8-12H2,1H3,(H,16,17)/t13-/m1/s1. The van der Waals surface area contributed by atoms with Crippen molar-refractivity contribution in [3.05, 3.63) is 36.5 Å². The molecule has 1 aliphatic heterocycles. The van der Waals surface area contributed by atoms with E-state index in [2.05, 4.69) is 36.9 Å². The number of nitrogens with zero attached hydrogens (tertiary/aromatic N) is 5. The first kappa shape index (κ1) is 14.9. The molecule has 1 atom stereocenters. The molecule has 0 aliphatic carbocycles. The number of hydrogen-bond donors (Lipinski definition) is 1. The molecule has 1 N–H and O–H groups in total. The van der Waals surface area contributed by atoms with E-state index < -0.39 is 0 Å². The third kappa shape index (κ3) is 3.80. The van der Waals surface area contributed by atoms with Crippen LogP contribution in [-0.4, -0.2) is 64.0 Å². The van der Waals surface area contributed by atoms with Gasteiger partial charge in [0, 0.05) is 44.8 Å². The lowest BCUT2D eigenvalue weighted by atomic mass is 10.2. The molecular weight excluding hydrogens is 280 g/mol. The minimum Gasteiger partial charge on any atom is -0.374 e. The molecule has 0 spiro atoms. The Morgan fingerprint density at radius 3 is 3.14 bits per heavy atom. The lowest BCUT2D eigenvalue weighted by Gasteiger charge is -2.35. The summed E-state index contributed by atoms with van der Waals surface area (Å²) < 4.78 is 5.92. The van der Waals surface area contributed by atoms with Gasteiger partial charge in [0.15, 0.2) is 5.82 Å². The van der Waals surface area contributed by atoms with Gasteiger partial charge >= 0.3 is 0 Å². The maximum absolute atomic E-state index is 5.92. The average molecular weight is 302 g/mol. The first-order valence-corrected chi connectivity index (χ1v) is 7.70. The number of hydrogen-bond acceptors (Lipinski definition) is 6. The number of aromatic nitrogens is 4. The van der Waals surface area contributed by atoms with E-state index in [1.807, 2.05) is 18.3 Å². The number of ether oxygens (including phenoxy) is 1. The van der Waals surface area contributed by atoms with Crippen LogP contribution in [0.2, 0.25) is 0 Å². The Morgan fingerprint density at radius 1 is 1.45 bits per heavy atom. The van der Waals surface area contributed by atoms with Crippen molar-refractivity contribution >= 4 is 5.82 Å². The minimum absolute atomic E-state index is 0.172. The lowest BCUT2D eigenvalue weighted by molar-refractivity contribution is -0.0275. The van der Waals surface area contributed by atoms with Gasteiger partial charge in [0.2, 0.25) is 0 Å². The van der Waals surface area contributed by atoms with Crippen molar-refractivity contribution in [2.75, 3.05) is 37.7 Å². The van der Waals surface area contributed by atoms with Crippen molar-refractivity contribution in [3.63, 3.8) is 0 Å². The number of H-pyrrole nitrogens is 1. The van der Waals surface area contributed by atoms with Gasteiger partial charge in [-0.05, 0) is 19.1 Å². The number of imidazole rings is 1. The maximum Gasteiger partial charge on any atom is 0.151 e. The van der Waals surface area contributed by atoms with Gasteiger partial charge in [-0.15, -0.1) is 5.10 Å². The molecule has 1 fully saturated rings.